The fourth-order valence-electron chi connectivity index (χ4n) is 1.66. The molecular formula is C9H18N2O. The van der Waals surface area contributed by atoms with Crippen LogP contribution in [0.5, 0.6) is 0 Å². The van der Waals surface area contributed by atoms with Crippen LogP contribution in [-0.2, 0) is 4.74 Å². The Bertz CT molecular complexity index is 151. The molecule has 0 bridgehead atoms. The monoisotopic (exact) mass is 170 g/mol. The molecule has 12 heavy (non-hydrogen) atoms. The van der Waals surface area contributed by atoms with Crippen molar-refractivity contribution in [3.63, 3.8) is 0 Å². The SMILES string of the molecule is NCC1(NCC2CC2)CCOC1. The molecule has 1 saturated heterocycles. The van der Waals surface area contributed by atoms with Crippen molar-refractivity contribution < 1.29 is 4.74 Å². The van der Waals surface area contributed by atoms with Gasteiger partial charge in [-0.1, -0.05) is 0 Å². The van der Waals surface area contributed by atoms with Gasteiger partial charge in [-0.25, -0.2) is 0 Å². The molecule has 1 aliphatic carbocycles. The summed E-state index contributed by atoms with van der Waals surface area (Å²) >= 11 is 0. The van der Waals surface area contributed by atoms with Gasteiger partial charge in [0.15, 0.2) is 0 Å². The van der Waals surface area contributed by atoms with Gasteiger partial charge < -0.3 is 15.8 Å². The topological polar surface area (TPSA) is 47.3 Å². The van der Waals surface area contributed by atoms with Crippen LogP contribution in [0.3, 0.4) is 0 Å². The smallest absolute Gasteiger partial charge is 0.0661 e. The van der Waals surface area contributed by atoms with Crippen LogP contribution >= 0.6 is 0 Å². The number of ether oxygens (including phenoxy) is 1. The molecule has 0 radical (unpaired) electrons. The zero-order valence-corrected chi connectivity index (χ0v) is 7.51. The van der Waals surface area contributed by atoms with E-state index >= 15 is 0 Å². The van der Waals surface area contributed by atoms with Gasteiger partial charge in [-0.15, -0.1) is 0 Å². The van der Waals surface area contributed by atoms with Gasteiger partial charge in [0.1, 0.15) is 0 Å². The van der Waals surface area contributed by atoms with Crippen LogP contribution in [0.15, 0.2) is 0 Å². The predicted molar refractivity (Wildman–Crippen MR) is 47.9 cm³/mol. The van der Waals surface area contributed by atoms with Crippen LogP contribution < -0.4 is 11.1 Å². The first kappa shape index (κ1) is 8.48. The molecule has 3 N–H and O–H groups in total. The van der Waals surface area contributed by atoms with Gasteiger partial charge in [0, 0.05) is 13.2 Å². The minimum Gasteiger partial charge on any atom is -0.379 e. The summed E-state index contributed by atoms with van der Waals surface area (Å²) in [6, 6.07) is 0. The van der Waals surface area contributed by atoms with Crippen LogP contribution in [0.25, 0.3) is 0 Å². The number of rotatable bonds is 4. The highest BCUT2D eigenvalue weighted by atomic mass is 16.5. The van der Waals surface area contributed by atoms with Crippen molar-refractivity contribution in [2.45, 2.75) is 24.8 Å². The quantitative estimate of drug-likeness (QED) is 0.629. The van der Waals surface area contributed by atoms with Gasteiger partial charge >= 0.3 is 0 Å². The first-order valence-corrected chi connectivity index (χ1v) is 4.87. The Hall–Kier alpha value is -0.120. The fraction of sp³-hybridized carbons (Fsp3) is 1.00. The van der Waals surface area contributed by atoms with Gasteiger partial charge in [-0.3, -0.25) is 0 Å². The maximum absolute atomic E-state index is 5.73. The molecule has 0 aromatic carbocycles. The average molecular weight is 170 g/mol. The fourth-order valence-corrected chi connectivity index (χ4v) is 1.66. The van der Waals surface area contributed by atoms with Crippen molar-refractivity contribution in [3.05, 3.63) is 0 Å². The minimum atomic E-state index is 0.114. The lowest BCUT2D eigenvalue weighted by Gasteiger charge is -2.27. The third-order valence-corrected chi connectivity index (χ3v) is 2.96. The number of hydrogen-bond donors (Lipinski definition) is 2. The Balaban J connectivity index is 1.79. The van der Waals surface area contributed by atoms with E-state index in [4.69, 9.17) is 10.5 Å². The third kappa shape index (κ3) is 1.79. The van der Waals surface area contributed by atoms with E-state index in [1.807, 2.05) is 0 Å². The maximum atomic E-state index is 5.73. The summed E-state index contributed by atoms with van der Waals surface area (Å²) in [7, 11) is 0. The molecule has 0 amide bonds. The highest BCUT2D eigenvalue weighted by Crippen LogP contribution is 2.29. The highest BCUT2D eigenvalue weighted by molar-refractivity contribution is 4.94. The Morgan fingerprint density at radius 1 is 1.50 bits per heavy atom. The summed E-state index contributed by atoms with van der Waals surface area (Å²) in [4.78, 5) is 0. The summed E-state index contributed by atoms with van der Waals surface area (Å²) < 4.78 is 5.36. The van der Waals surface area contributed by atoms with E-state index in [0.717, 1.165) is 32.1 Å². The molecule has 3 nitrogen and oxygen atoms in total. The Labute approximate surface area is 73.7 Å². The molecule has 1 unspecified atom stereocenters. The molecule has 0 aromatic heterocycles. The average Bonchev–Trinajstić information content (AvgIpc) is 2.82. The van der Waals surface area contributed by atoms with E-state index in [2.05, 4.69) is 5.32 Å². The van der Waals surface area contributed by atoms with Crippen molar-refractivity contribution in [2.24, 2.45) is 11.7 Å². The largest absolute Gasteiger partial charge is 0.379 e. The van der Waals surface area contributed by atoms with Crippen molar-refractivity contribution >= 4 is 0 Å². The first-order chi connectivity index (χ1) is 5.85. The lowest BCUT2D eigenvalue weighted by atomic mass is 9.99. The van der Waals surface area contributed by atoms with Crippen LogP contribution in [-0.4, -0.2) is 31.8 Å². The molecule has 70 valence electrons. The van der Waals surface area contributed by atoms with Crippen LogP contribution in [0.4, 0.5) is 0 Å². The summed E-state index contributed by atoms with van der Waals surface area (Å²) in [5, 5.41) is 3.56. The molecular weight excluding hydrogens is 152 g/mol. The number of hydrogen-bond acceptors (Lipinski definition) is 3. The molecule has 2 fully saturated rings. The lowest BCUT2D eigenvalue weighted by Crippen LogP contribution is -2.52. The zero-order valence-electron chi connectivity index (χ0n) is 7.51. The van der Waals surface area contributed by atoms with Crippen LogP contribution in [0.1, 0.15) is 19.3 Å². The van der Waals surface area contributed by atoms with Gasteiger partial charge in [0.2, 0.25) is 0 Å². The molecule has 3 heteroatoms. The number of nitrogens with two attached hydrogens (primary N) is 1. The van der Waals surface area contributed by atoms with Gasteiger partial charge in [0.25, 0.3) is 0 Å². The molecule has 0 aromatic rings. The van der Waals surface area contributed by atoms with E-state index < -0.39 is 0 Å². The summed E-state index contributed by atoms with van der Waals surface area (Å²) in [5.74, 6) is 0.925. The van der Waals surface area contributed by atoms with E-state index in [-0.39, 0.29) is 5.54 Å². The van der Waals surface area contributed by atoms with Crippen molar-refractivity contribution in [3.8, 4) is 0 Å². The van der Waals surface area contributed by atoms with E-state index in [0.29, 0.717) is 6.54 Å². The Morgan fingerprint density at radius 3 is 2.83 bits per heavy atom. The zero-order chi connectivity index (χ0) is 8.44. The second kappa shape index (κ2) is 3.32. The summed E-state index contributed by atoms with van der Waals surface area (Å²) in [6.45, 7) is 3.52. The first-order valence-electron chi connectivity index (χ1n) is 4.87. The van der Waals surface area contributed by atoms with Gasteiger partial charge in [-0.2, -0.15) is 0 Å². The second-order valence-electron chi connectivity index (χ2n) is 4.11. The standard InChI is InChI=1S/C9H18N2O/c10-6-9(3-4-12-7-9)11-5-8-1-2-8/h8,11H,1-7,10H2. The third-order valence-electron chi connectivity index (χ3n) is 2.96. The maximum Gasteiger partial charge on any atom is 0.0661 e. The predicted octanol–water partition coefficient (Wildman–Crippen LogP) is 0.104. The molecule has 2 aliphatic rings. The van der Waals surface area contributed by atoms with E-state index in [1.165, 1.54) is 12.8 Å². The number of nitrogens with one attached hydrogen (secondary N) is 1. The second-order valence-corrected chi connectivity index (χ2v) is 4.11. The lowest BCUT2D eigenvalue weighted by molar-refractivity contribution is 0.168. The molecule has 0 spiro atoms. The molecule has 1 aliphatic heterocycles. The molecule has 2 rings (SSSR count). The molecule has 1 saturated carbocycles. The summed E-state index contributed by atoms with van der Waals surface area (Å²) in [5.41, 5.74) is 5.85. The van der Waals surface area contributed by atoms with Crippen LogP contribution in [0, 0.1) is 5.92 Å². The van der Waals surface area contributed by atoms with E-state index in [1.54, 1.807) is 0 Å². The van der Waals surface area contributed by atoms with Crippen molar-refractivity contribution in [1.29, 1.82) is 0 Å². The Kier molecular flexibility index (Phi) is 2.35. The van der Waals surface area contributed by atoms with Crippen molar-refractivity contribution in [2.75, 3.05) is 26.3 Å². The van der Waals surface area contributed by atoms with Crippen LogP contribution in [0.2, 0.25) is 0 Å². The van der Waals surface area contributed by atoms with Crippen molar-refractivity contribution in [1.82, 2.24) is 5.32 Å². The van der Waals surface area contributed by atoms with Gasteiger partial charge in [0.05, 0.1) is 12.1 Å². The van der Waals surface area contributed by atoms with Gasteiger partial charge in [-0.05, 0) is 31.7 Å². The minimum absolute atomic E-state index is 0.114. The van der Waals surface area contributed by atoms with E-state index in [9.17, 15) is 0 Å². The summed E-state index contributed by atoms with van der Waals surface area (Å²) in [6.07, 6.45) is 3.87. The molecule has 1 atom stereocenters. The molecule has 1 heterocycles. The highest BCUT2D eigenvalue weighted by Gasteiger charge is 2.34. The Morgan fingerprint density at radius 2 is 2.33 bits per heavy atom. The normalized spacial score (nSPS) is 35.8.